The second kappa shape index (κ2) is 6.06. The lowest BCUT2D eigenvalue weighted by atomic mass is 10.1. The van der Waals surface area contributed by atoms with E-state index in [-0.39, 0.29) is 23.0 Å². The Morgan fingerprint density at radius 2 is 2.05 bits per heavy atom. The molecule has 1 aromatic carbocycles. The fourth-order valence-corrected chi connectivity index (χ4v) is 1.83. The van der Waals surface area contributed by atoms with E-state index in [1.807, 2.05) is 25.1 Å². The first-order chi connectivity index (χ1) is 9.61. The molecule has 2 aromatic rings. The minimum Gasteiger partial charge on any atom is -0.504 e. The summed E-state index contributed by atoms with van der Waals surface area (Å²) in [6, 6.07) is 10.4. The van der Waals surface area contributed by atoms with Crippen molar-refractivity contribution < 1.29 is 14.6 Å². The van der Waals surface area contributed by atoms with Crippen LogP contribution in [0.4, 0.5) is 0 Å². The van der Waals surface area contributed by atoms with Crippen molar-refractivity contribution in [2.75, 3.05) is 7.11 Å². The molecule has 5 nitrogen and oxygen atoms in total. The van der Waals surface area contributed by atoms with Gasteiger partial charge < -0.3 is 15.2 Å². The molecule has 20 heavy (non-hydrogen) atoms. The molecule has 0 aliphatic heterocycles. The van der Waals surface area contributed by atoms with E-state index < -0.39 is 0 Å². The molecule has 0 fully saturated rings. The number of carbonyl (C=O) groups excluding carboxylic acids is 1. The molecule has 0 unspecified atom stereocenters. The number of carbonyl (C=O) groups is 1. The van der Waals surface area contributed by atoms with Gasteiger partial charge in [-0.2, -0.15) is 0 Å². The number of para-hydroxylation sites is 1. The molecule has 0 atom stereocenters. The lowest BCUT2D eigenvalue weighted by Crippen LogP contribution is -2.23. The molecule has 0 aliphatic rings. The molecule has 1 amide bonds. The first-order valence-corrected chi connectivity index (χ1v) is 6.18. The quantitative estimate of drug-likeness (QED) is 0.893. The van der Waals surface area contributed by atoms with Crippen molar-refractivity contribution in [3.8, 4) is 11.5 Å². The molecule has 1 aromatic heterocycles. The molecule has 5 heteroatoms. The van der Waals surface area contributed by atoms with Gasteiger partial charge in [0.1, 0.15) is 0 Å². The van der Waals surface area contributed by atoms with Crippen molar-refractivity contribution in [2.45, 2.75) is 13.5 Å². The first-order valence-electron chi connectivity index (χ1n) is 6.18. The Morgan fingerprint density at radius 3 is 2.75 bits per heavy atom. The number of hydrogen-bond donors (Lipinski definition) is 2. The van der Waals surface area contributed by atoms with Gasteiger partial charge in [0.05, 0.1) is 24.9 Å². The Kier molecular flexibility index (Phi) is 4.20. The number of rotatable bonds is 4. The zero-order valence-corrected chi connectivity index (χ0v) is 11.4. The number of benzene rings is 1. The largest absolute Gasteiger partial charge is 0.504 e. The Labute approximate surface area is 117 Å². The zero-order valence-electron chi connectivity index (χ0n) is 11.4. The Bertz CT molecular complexity index is 626. The van der Waals surface area contributed by atoms with Crippen molar-refractivity contribution in [2.24, 2.45) is 0 Å². The molecule has 2 rings (SSSR count). The SMILES string of the molecule is COc1cccc(C(=O)NCc2cccc(C)n2)c1O. The highest BCUT2D eigenvalue weighted by Crippen LogP contribution is 2.29. The average molecular weight is 272 g/mol. The maximum atomic E-state index is 12.0. The smallest absolute Gasteiger partial charge is 0.255 e. The molecule has 104 valence electrons. The highest BCUT2D eigenvalue weighted by molar-refractivity contribution is 5.97. The Morgan fingerprint density at radius 1 is 1.30 bits per heavy atom. The number of pyridine rings is 1. The summed E-state index contributed by atoms with van der Waals surface area (Å²) in [4.78, 5) is 16.3. The van der Waals surface area contributed by atoms with Crippen LogP contribution in [0.1, 0.15) is 21.7 Å². The molecule has 0 bridgehead atoms. The summed E-state index contributed by atoms with van der Waals surface area (Å²) < 4.78 is 4.97. The number of aryl methyl sites for hydroxylation is 1. The third kappa shape index (κ3) is 3.06. The second-order valence-electron chi connectivity index (χ2n) is 4.31. The van der Waals surface area contributed by atoms with Crippen LogP contribution in [-0.4, -0.2) is 23.1 Å². The van der Waals surface area contributed by atoms with E-state index in [9.17, 15) is 9.90 Å². The van der Waals surface area contributed by atoms with Gasteiger partial charge in [0.2, 0.25) is 0 Å². The summed E-state index contributed by atoms with van der Waals surface area (Å²) in [7, 11) is 1.44. The fourth-order valence-electron chi connectivity index (χ4n) is 1.83. The van der Waals surface area contributed by atoms with Crippen LogP contribution in [-0.2, 0) is 6.54 Å². The fraction of sp³-hybridized carbons (Fsp3) is 0.200. The minimum absolute atomic E-state index is 0.162. The van der Waals surface area contributed by atoms with Crippen molar-refractivity contribution in [3.05, 3.63) is 53.3 Å². The van der Waals surface area contributed by atoms with Gasteiger partial charge in [-0.05, 0) is 31.2 Å². The summed E-state index contributed by atoms with van der Waals surface area (Å²) in [5, 5.41) is 12.6. The number of methoxy groups -OCH3 is 1. The number of aromatic hydroxyl groups is 1. The topological polar surface area (TPSA) is 71.5 Å². The number of ether oxygens (including phenoxy) is 1. The number of hydrogen-bond acceptors (Lipinski definition) is 4. The van der Waals surface area contributed by atoms with Gasteiger partial charge in [0.15, 0.2) is 11.5 Å². The van der Waals surface area contributed by atoms with Crippen LogP contribution in [0, 0.1) is 6.92 Å². The molecule has 0 radical (unpaired) electrons. The van der Waals surface area contributed by atoms with E-state index in [0.29, 0.717) is 6.54 Å². The normalized spacial score (nSPS) is 10.1. The van der Waals surface area contributed by atoms with Crippen molar-refractivity contribution in [3.63, 3.8) is 0 Å². The number of aromatic nitrogens is 1. The van der Waals surface area contributed by atoms with E-state index >= 15 is 0 Å². The lowest BCUT2D eigenvalue weighted by molar-refractivity contribution is 0.0947. The summed E-state index contributed by atoms with van der Waals surface area (Å²) in [5.41, 5.74) is 1.83. The molecule has 0 saturated heterocycles. The Hall–Kier alpha value is -2.56. The Balaban J connectivity index is 2.09. The molecule has 2 N–H and O–H groups in total. The standard InChI is InChI=1S/C15H16N2O3/c1-10-5-3-6-11(17-10)9-16-15(19)12-7-4-8-13(20-2)14(12)18/h3-8,18H,9H2,1-2H3,(H,16,19). The number of phenolic OH excluding ortho intramolecular Hbond substituents is 1. The van der Waals surface area contributed by atoms with Crippen LogP contribution >= 0.6 is 0 Å². The molecular weight excluding hydrogens is 256 g/mol. The van der Waals surface area contributed by atoms with Crippen molar-refractivity contribution in [1.29, 1.82) is 0 Å². The predicted molar refractivity (Wildman–Crippen MR) is 74.8 cm³/mol. The van der Waals surface area contributed by atoms with Crippen LogP contribution in [0.5, 0.6) is 11.5 Å². The number of amides is 1. The molecular formula is C15H16N2O3. The van der Waals surface area contributed by atoms with Crippen LogP contribution in [0.25, 0.3) is 0 Å². The van der Waals surface area contributed by atoms with Crippen LogP contribution in [0.3, 0.4) is 0 Å². The van der Waals surface area contributed by atoms with E-state index in [1.165, 1.54) is 13.2 Å². The number of nitrogens with zero attached hydrogens (tertiary/aromatic N) is 1. The van der Waals surface area contributed by atoms with Crippen LogP contribution in [0.2, 0.25) is 0 Å². The zero-order chi connectivity index (χ0) is 14.5. The van der Waals surface area contributed by atoms with Gasteiger partial charge in [-0.15, -0.1) is 0 Å². The second-order valence-corrected chi connectivity index (χ2v) is 4.31. The van der Waals surface area contributed by atoms with Crippen molar-refractivity contribution >= 4 is 5.91 Å². The molecule has 1 heterocycles. The van der Waals surface area contributed by atoms with Gasteiger partial charge in [0, 0.05) is 5.69 Å². The summed E-state index contributed by atoms with van der Waals surface area (Å²) >= 11 is 0. The number of phenols is 1. The first kappa shape index (κ1) is 13.9. The van der Waals surface area contributed by atoms with Gasteiger partial charge in [0.25, 0.3) is 5.91 Å². The van der Waals surface area contributed by atoms with Crippen LogP contribution < -0.4 is 10.1 Å². The van der Waals surface area contributed by atoms with Crippen molar-refractivity contribution in [1.82, 2.24) is 10.3 Å². The van der Waals surface area contributed by atoms with Gasteiger partial charge in [-0.25, -0.2) is 0 Å². The number of nitrogens with one attached hydrogen (secondary N) is 1. The van der Waals surface area contributed by atoms with E-state index in [2.05, 4.69) is 10.3 Å². The third-order valence-corrected chi connectivity index (χ3v) is 2.84. The highest BCUT2D eigenvalue weighted by atomic mass is 16.5. The summed E-state index contributed by atoms with van der Waals surface area (Å²) in [5.74, 6) is -0.263. The van der Waals surface area contributed by atoms with Gasteiger partial charge in [-0.3, -0.25) is 9.78 Å². The van der Waals surface area contributed by atoms with Crippen LogP contribution in [0.15, 0.2) is 36.4 Å². The third-order valence-electron chi connectivity index (χ3n) is 2.84. The molecule has 0 spiro atoms. The maximum absolute atomic E-state index is 12.0. The van der Waals surface area contributed by atoms with E-state index in [1.54, 1.807) is 12.1 Å². The monoisotopic (exact) mass is 272 g/mol. The van der Waals surface area contributed by atoms with E-state index in [0.717, 1.165) is 11.4 Å². The predicted octanol–water partition coefficient (Wildman–Crippen LogP) is 2.03. The van der Waals surface area contributed by atoms with Gasteiger partial charge in [-0.1, -0.05) is 12.1 Å². The summed E-state index contributed by atoms with van der Waals surface area (Å²) in [6.45, 7) is 2.19. The highest BCUT2D eigenvalue weighted by Gasteiger charge is 2.14. The molecule has 0 aliphatic carbocycles. The minimum atomic E-state index is -0.371. The maximum Gasteiger partial charge on any atom is 0.255 e. The summed E-state index contributed by atoms with van der Waals surface area (Å²) in [6.07, 6.45) is 0. The van der Waals surface area contributed by atoms with E-state index in [4.69, 9.17) is 4.74 Å². The van der Waals surface area contributed by atoms with Gasteiger partial charge >= 0.3 is 0 Å². The molecule has 0 saturated carbocycles. The lowest BCUT2D eigenvalue weighted by Gasteiger charge is -2.09. The average Bonchev–Trinajstić information content (AvgIpc) is 2.45.